The van der Waals surface area contributed by atoms with Gasteiger partial charge in [0.05, 0.1) is 18.6 Å². The zero-order chi connectivity index (χ0) is 13.0. The molecule has 1 saturated heterocycles. The van der Waals surface area contributed by atoms with Gasteiger partial charge in [-0.3, -0.25) is 4.79 Å². The summed E-state index contributed by atoms with van der Waals surface area (Å²) in [6.45, 7) is 5.90. The number of amides is 1. The van der Waals surface area contributed by atoms with Crippen molar-refractivity contribution >= 4 is 5.91 Å². The molecule has 0 aromatic carbocycles. The number of hydrogen-bond donors (Lipinski definition) is 1. The van der Waals surface area contributed by atoms with Crippen LogP contribution in [0.15, 0.2) is 6.33 Å². The van der Waals surface area contributed by atoms with E-state index in [2.05, 4.69) is 15.4 Å². The minimum absolute atomic E-state index is 0.00259. The fraction of sp³-hybridized carbons (Fsp3) is 0.750. The van der Waals surface area contributed by atoms with E-state index < -0.39 is 0 Å². The second-order valence-corrected chi connectivity index (χ2v) is 4.53. The number of ether oxygens (including phenoxy) is 1. The first-order chi connectivity index (χ1) is 8.72. The molecule has 0 spiro atoms. The van der Waals surface area contributed by atoms with E-state index in [4.69, 9.17) is 4.74 Å². The Labute approximate surface area is 107 Å². The standard InChI is InChI=1S/C12H20N4O2/c1-3-16-11(14-8-15-16)7-13-12(17)10-5-4-6-18-9(10)2/h8-10H,3-7H2,1-2H3,(H,13,17). The van der Waals surface area contributed by atoms with Crippen LogP contribution in [0.1, 0.15) is 32.5 Å². The summed E-state index contributed by atoms with van der Waals surface area (Å²) in [5.41, 5.74) is 0. The highest BCUT2D eigenvalue weighted by molar-refractivity contribution is 5.79. The van der Waals surface area contributed by atoms with Crippen molar-refractivity contribution in [3.05, 3.63) is 12.2 Å². The number of carbonyl (C=O) groups is 1. The van der Waals surface area contributed by atoms with Crippen LogP contribution in [0.2, 0.25) is 0 Å². The van der Waals surface area contributed by atoms with Gasteiger partial charge in [0.2, 0.25) is 5.91 Å². The van der Waals surface area contributed by atoms with Gasteiger partial charge in [-0.25, -0.2) is 9.67 Å². The molecule has 1 aromatic rings. The molecule has 1 aromatic heterocycles. The Balaban J connectivity index is 1.88. The topological polar surface area (TPSA) is 69.0 Å². The van der Waals surface area contributed by atoms with Gasteiger partial charge >= 0.3 is 0 Å². The zero-order valence-corrected chi connectivity index (χ0v) is 10.9. The number of nitrogens with zero attached hydrogens (tertiary/aromatic N) is 3. The van der Waals surface area contributed by atoms with Crippen LogP contribution in [0.4, 0.5) is 0 Å². The van der Waals surface area contributed by atoms with Gasteiger partial charge in [0.1, 0.15) is 12.2 Å². The highest BCUT2D eigenvalue weighted by Gasteiger charge is 2.28. The molecule has 2 unspecified atom stereocenters. The molecule has 100 valence electrons. The highest BCUT2D eigenvalue weighted by atomic mass is 16.5. The van der Waals surface area contributed by atoms with Crippen molar-refractivity contribution in [1.82, 2.24) is 20.1 Å². The fourth-order valence-electron chi connectivity index (χ4n) is 2.25. The van der Waals surface area contributed by atoms with Gasteiger partial charge in [-0.15, -0.1) is 0 Å². The van der Waals surface area contributed by atoms with Crippen molar-refractivity contribution < 1.29 is 9.53 Å². The minimum atomic E-state index is -0.0447. The van der Waals surface area contributed by atoms with Gasteiger partial charge in [-0.1, -0.05) is 0 Å². The molecule has 6 heteroatoms. The molecule has 1 N–H and O–H groups in total. The van der Waals surface area contributed by atoms with Crippen molar-refractivity contribution in [3.8, 4) is 0 Å². The second kappa shape index (κ2) is 5.95. The summed E-state index contributed by atoms with van der Waals surface area (Å²) in [6.07, 6.45) is 3.36. The number of aromatic nitrogens is 3. The fourth-order valence-corrected chi connectivity index (χ4v) is 2.25. The quantitative estimate of drug-likeness (QED) is 0.857. The first-order valence-corrected chi connectivity index (χ1v) is 6.48. The third-order valence-corrected chi connectivity index (χ3v) is 3.36. The van der Waals surface area contributed by atoms with E-state index in [-0.39, 0.29) is 17.9 Å². The minimum Gasteiger partial charge on any atom is -0.378 e. The van der Waals surface area contributed by atoms with Crippen LogP contribution in [-0.2, 0) is 22.6 Å². The van der Waals surface area contributed by atoms with E-state index in [9.17, 15) is 4.79 Å². The SMILES string of the molecule is CCn1ncnc1CNC(=O)C1CCCOC1C. The van der Waals surface area contributed by atoms with E-state index >= 15 is 0 Å². The summed E-state index contributed by atoms with van der Waals surface area (Å²) >= 11 is 0. The van der Waals surface area contributed by atoms with Crippen LogP contribution < -0.4 is 5.32 Å². The molecular formula is C12H20N4O2. The monoisotopic (exact) mass is 252 g/mol. The molecule has 1 fully saturated rings. The molecule has 18 heavy (non-hydrogen) atoms. The lowest BCUT2D eigenvalue weighted by Crippen LogP contribution is -2.40. The normalized spacial score (nSPS) is 23.9. The number of hydrogen-bond acceptors (Lipinski definition) is 4. The Morgan fingerprint density at radius 2 is 2.50 bits per heavy atom. The smallest absolute Gasteiger partial charge is 0.226 e. The predicted molar refractivity (Wildman–Crippen MR) is 65.7 cm³/mol. The molecule has 2 atom stereocenters. The van der Waals surface area contributed by atoms with E-state index in [1.165, 1.54) is 6.33 Å². The van der Waals surface area contributed by atoms with Crippen LogP contribution in [0.5, 0.6) is 0 Å². The molecular weight excluding hydrogens is 232 g/mol. The summed E-state index contributed by atoms with van der Waals surface area (Å²) in [4.78, 5) is 16.2. The van der Waals surface area contributed by atoms with Crippen LogP contribution in [-0.4, -0.2) is 33.4 Å². The van der Waals surface area contributed by atoms with Crippen molar-refractivity contribution in [2.75, 3.05) is 6.61 Å². The number of carbonyl (C=O) groups excluding carboxylic acids is 1. The van der Waals surface area contributed by atoms with E-state index in [0.717, 1.165) is 31.8 Å². The van der Waals surface area contributed by atoms with E-state index in [1.807, 2.05) is 13.8 Å². The lowest BCUT2D eigenvalue weighted by Gasteiger charge is -2.27. The van der Waals surface area contributed by atoms with Crippen molar-refractivity contribution in [2.45, 2.75) is 45.9 Å². The lowest BCUT2D eigenvalue weighted by molar-refractivity contribution is -0.133. The predicted octanol–water partition coefficient (Wildman–Crippen LogP) is 0.729. The maximum absolute atomic E-state index is 12.1. The molecule has 2 heterocycles. The van der Waals surface area contributed by atoms with Gasteiger partial charge in [0, 0.05) is 13.2 Å². The first kappa shape index (κ1) is 13.0. The summed E-state index contributed by atoms with van der Waals surface area (Å²) < 4.78 is 7.28. The Kier molecular flexibility index (Phi) is 4.30. The first-order valence-electron chi connectivity index (χ1n) is 6.48. The summed E-state index contributed by atoms with van der Waals surface area (Å²) in [5, 5.41) is 6.99. The van der Waals surface area contributed by atoms with E-state index in [0.29, 0.717) is 6.54 Å². The van der Waals surface area contributed by atoms with Gasteiger partial charge in [0.15, 0.2) is 0 Å². The van der Waals surface area contributed by atoms with Gasteiger partial charge < -0.3 is 10.1 Å². The molecule has 1 amide bonds. The lowest BCUT2D eigenvalue weighted by atomic mass is 9.94. The molecule has 1 aliphatic rings. The van der Waals surface area contributed by atoms with Gasteiger partial charge in [0.25, 0.3) is 0 Å². The summed E-state index contributed by atoms with van der Waals surface area (Å²) in [5.74, 6) is 0.792. The Hall–Kier alpha value is -1.43. The third-order valence-electron chi connectivity index (χ3n) is 3.36. The maximum Gasteiger partial charge on any atom is 0.226 e. The number of nitrogens with one attached hydrogen (secondary N) is 1. The zero-order valence-electron chi connectivity index (χ0n) is 10.9. The van der Waals surface area contributed by atoms with Crippen LogP contribution in [0.25, 0.3) is 0 Å². The molecule has 0 bridgehead atoms. The van der Waals surface area contributed by atoms with Gasteiger partial charge in [-0.2, -0.15) is 5.10 Å². The van der Waals surface area contributed by atoms with E-state index in [1.54, 1.807) is 4.68 Å². The van der Waals surface area contributed by atoms with Crippen molar-refractivity contribution in [1.29, 1.82) is 0 Å². The Morgan fingerprint density at radius 3 is 3.22 bits per heavy atom. The Morgan fingerprint density at radius 1 is 1.67 bits per heavy atom. The second-order valence-electron chi connectivity index (χ2n) is 4.53. The Bertz CT molecular complexity index is 405. The molecule has 2 rings (SSSR count). The largest absolute Gasteiger partial charge is 0.378 e. The molecule has 6 nitrogen and oxygen atoms in total. The van der Waals surface area contributed by atoms with Crippen LogP contribution in [0, 0.1) is 5.92 Å². The summed E-state index contributed by atoms with van der Waals surface area (Å²) in [7, 11) is 0. The third kappa shape index (κ3) is 2.87. The van der Waals surface area contributed by atoms with Crippen molar-refractivity contribution in [3.63, 3.8) is 0 Å². The van der Waals surface area contributed by atoms with Gasteiger partial charge in [-0.05, 0) is 26.7 Å². The molecule has 1 aliphatic heterocycles. The highest BCUT2D eigenvalue weighted by Crippen LogP contribution is 2.20. The van der Waals surface area contributed by atoms with Crippen LogP contribution in [0.3, 0.4) is 0 Å². The number of aryl methyl sites for hydroxylation is 1. The molecule has 0 saturated carbocycles. The van der Waals surface area contributed by atoms with Crippen LogP contribution >= 0.6 is 0 Å². The summed E-state index contributed by atoms with van der Waals surface area (Å²) in [6, 6.07) is 0. The average molecular weight is 252 g/mol. The number of rotatable bonds is 4. The molecule has 0 radical (unpaired) electrons. The van der Waals surface area contributed by atoms with Crippen molar-refractivity contribution in [2.24, 2.45) is 5.92 Å². The molecule has 0 aliphatic carbocycles. The maximum atomic E-state index is 12.1. The average Bonchev–Trinajstić information content (AvgIpc) is 2.84.